The van der Waals surface area contributed by atoms with Crippen molar-refractivity contribution in [3.63, 3.8) is 0 Å². The van der Waals surface area contributed by atoms with Crippen molar-refractivity contribution in [2.75, 3.05) is 13.2 Å². The summed E-state index contributed by atoms with van der Waals surface area (Å²) in [6, 6.07) is 0. The minimum atomic E-state index is -0.758. The molecule has 1 unspecified atom stereocenters. The van der Waals surface area contributed by atoms with Gasteiger partial charge in [-0.1, -0.05) is 252 Å². The predicted molar refractivity (Wildman–Crippen MR) is 247 cm³/mol. The molecule has 0 aliphatic rings. The minimum Gasteiger partial charge on any atom is -0.462 e. The van der Waals surface area contributed by atoms with E-state index in [-0.39, 0.29) is 31.1 Å². The second kappa shape index (κ2) is 46.5. The van der Waals surface area contributed by atoms with Gasteiger partial charge in [0.25, 0.3) is 0 Å². The van der Waals surface area contributed by atoms with Gasteiger partial charge in [-0.3, -0.25) is 14.4 Å². The average molecular weight is 821 g/mol. The van der Waals surface area contributed by atoms with Gasteiger partial charge in [0.15, 0.2) is 6.10 Å². The molecule has 0 aromatic carbocycles. The Bertz CT molecular complexity index is 874. The smallest absolute Gasteiger partial charge is 0.306 e. The van der Waals surface area contributed by atoms with Crippen molar-refractivity contribution in [1.29, 1.82) is 0 Å². The summed E-state index contributed by atoms with van der Waals surface area (Å²) in [5.74, 6) is 0.0563. The number of rotatable bonds is 47. The van der Waals surface area contributed by atoms with E-state index in [4.69, 9.17) is 14.2 Å². The quantitative estimate of drug-likeness (QED) is 0.0346. The zero-order valence-corrected chi connectivity index (χ0v) is 39.5. The van der Waals surface area contributed by atoms with E-state index < -0.39 is 6.10 Å². The highest BCUT2D eigenvalue weighted by atomic mass is 16.6. The normalized spacial score (nSPS) is 12.4. The van der Waals surface area contributed by atoms with E-state index in [1.54, 1.807) is 0 Å². The van der Waals surface area contributed by atoms with Gasteiger partial charge in [0.05, 0.1) is 0 Å². The van der Waals surface area contributed by atoms with E-state index in [9.17, 15) is 14.4 Å². The van der Waals surface area contributed by atoms with E-state index in [1.807, 2.05) is 0 Å². The van der Waals surface area contributed by atoms with Gasteiger partial charge in [-0.05, 0) is 25.2 Å². The molecule has 0 saturated heterocycles. The van der Waals surface area contributed by atoms with Gasteiger partial charge in [-0.25, -0.2) is 0 Å². The Morgan fingerprint density at radius 1 is 0.345 bits per heavy atom. The summed E-state index contributed by atoms with van der Waals surface area (Å²) >= 11 is 0. The first-order chi connectivity index (χ1) is 28.4. The highest BCUT2D eigenvalue weighted by Crippen LogP contribution is 2.18. The van der Waals surface area contributed by atoms with E-state index in [0.717, 1.165) is 63.7 Å². The van der Waals surface area contributed by atoms with Crippen molar-refractivity contribution in [3.05, 3.63) is 0 Å². The zero-order chi connectivity index (χ0) is 42.4. The Balaban J connectivity index is 4.07. The van der Waals surface area contributed by atoms with Gasteiger partial charge in [0, 0.05) is 19.3 Å². The lowest BCUT2D eigenvalue weighted by atomic mass is 9.99. The topological polar surface area (TPSA) is 78.9 Å². The first kappa shape index (κ1) is 56.4. The molecule has 58 heavy (non-hydrogen) atoms. The molecular formula is C52H100O6. The second-order valence-corrected chi connectivity index (χ2v) is 18.1. The zero-order valence-electron chi connectivity index (χ0n) is 39.5. The molecule has 0 bridgehead atoms. The lowest BCUT2D eigenvalue weighted by Gasteiger charge is -2.18. The van der Waals surface area contributed by atoms with Crippen molar-refractivity contribution in [2.24, 2.45) is 5.92 Å². The molecule has 0 aromatic heterocycles. The van der Waals surface area contributed by atoms with Gasteiger partial charge >= 0.3 is 17.9 Å². The highest BCUT2D eigenvalue weighted by Gasteiger charge is 2.19. The van der Waals surface area contributed by atoms with Crippen LogP contribution in [0.1, 0.15) is 291 Å². The van der Waals surface area contributed by atoms with E-state index in [0.29, 0.717) is 19.3 Å². The fourth-order valence-corrected chi connectivity index (χ4v) is 7.83. The lowest BCUT2D eigenvalue weighted by Crippen LogP contribution is -2.30. The molecule has 2 atom stereocenters. The van der Waals surface area contributed by atoms with Crippen molar-refractivity contribution < 1.29 is 28.6 Å². The molecule has 6 heteroatoms. The molecule has 0 aliphatic carbocycles. The van der Waals surface area contributed by atoms with Crippen molar-refractivity contribution in [2.45, 2.75) is 297 Å². The summed E-state index contributed by atoms with van der Waals surface area (Å²) in [6.07, 6.45) is 48.2. The summed E-state index contributed by atoms with van der Waals surface area (Å²) in [4.78, 5) is 37.7. The van der Waals surface area contributed by atoms with Crippen molar-refractivity contribution >= 4 is 17.9 Å². The van der Waals surface area contributed by atoms with E-state index in [2.05, 4.69) is 27.7 Å². The van der Waals surface area contributed by atoms with Crippen LogP contribution in [-0.4, -0.2) is 37.2 Å². The third kappa shape index (κ3) is 44.0. The van der Waals surface area contributed by atoms with Crippen LogP contribution in [0.15, 0.2) is 0 Å². The molecule has 344 valence electrons. The number of esters is 3. The van der Waals surface area contributed by atoms with Crippen LogP contribution in [0.25, 0.3) is 0 Å². The largest absolute Gasteiger partial charge is 0.462 e. The molecule has 0 amide bonds. The fraction of sp³-hybridized carbons (Fsp3) is 0.942. The Labute approximate surface area is 361 Å². The van der Waals surface area contributed by atoms with Gasteiger partial charge in [0.1, 0.15) is 13.2 Å². The van der Waals surface area contributed by atoms with Gasteiger partial charge in [0.2, 0.25) is 0 Å². The molecule has 0 aromatic rings. The van der Waals surface area contributed by atoms with E-state index in [1.165, 1.54) is 186 Å². The number of hydrogen-bond acceptors (Lipinski definition) is 6. The molecule has 0 aliphatic heterocycles. The van der Waals surface area contributed by atoms with Gasteiger partial charge in [-0.15, -0.1) is 0 Å². The molecule has 0 fully saturated rings. The maximum absolute atomic E-state index is 12.6. The van der Waals surface area contributed by atoms with E-state index >= 15 is 0 Å². The highest BCUT2D eigenvalue weighted by molar-refractivity contribution is 5.71. The van der Waals surface area contributed by atoms with Crippen LogP contribution in [0, 0.1) is 5.92 Å². The van der Waals surface area contributed by atoms with Crippen molar-refractivity contribution in [1.82, 2.24) is 0 Å². The first-order valence-corrected chi connectivity index (χ1v) is 25.9. The van der Waals surface area contributed by atoms with Crippen LogP contribution in [0.2, 0.25) is 0 Å². The number of hydrogen-bond donors (Lipinski definition) is 0. The molecule has 0 heterocycles. The van der Waals surface area contributed by atoms with Crippen LogP contribution in [-0.2, 0) is 28.6 Å². The maximum atomic E-state index is 12.6. The summed E-state index contributed by atoms with van der Waals surface area (Å²) in [5, 5.41) is 0. The molecule has 0 saturated carbocycles. The number of unbranched alkanes of at least 4 members (excludes halogenated alkanes) is 33. The number of carbonyl (C=O) groups is 3. The Morgan fingerprint density at radius 2 is 0.603 bits per heavy atom. The predicted octanol–water partition coefficient (Wildman–Crippen LogP) is 16.7. The minimum absolute atomic E-state index is 0.0634. The number of carbonyl (C=O) groups excluding carboxylic acids is 3. The standard InChI is InChI=1S/C52H100O6/c1-5-8-10-12-14-15-24-28-32-35-39-43-50(53)56-46-49(58-52(55)45-41-37-30-13-11-9-6-2)47-57-51(54)44-40-36-33-29-26-23-21-19-17-16-18-20-22-25-27-31-34-38-42-48(4)7-3/h48-49H,5-47H2,1-4H3/t48?,49-/m0/s1. The maximum Gasteiger partial charge on any atom is 0.306 e. The third-order valence-corrected chi connectivity index (χ3v) is 12.2. The summed E-state index contributed by atoms with van der Waals surface area (Å²) in [7, 11) is 0. The number of ether oxygens (including phenoxy) is 3. The Morgan fingerprint density at radius 3 is 0.897 bits per heavy atom. The summed E-state index contributed by atoms with van der Waals surface area (Å²) in [6.45, 7) is 9.03. The van der Waals surface area contributed by atoms with Gasteiger partial charge in [-0.2, -0.15) is 0 Å². The molecule has 0 radical (unpaired) electrons. The van der Waals surface area contributed by atoms with Crippen LogP contribution < -0.4 is 0 Å². The van der Waals surface area contributed by atoms with Crippen LogP contribution in [0.5, 0.6) is 0 Å². The van der Waals surface area contributed by atoms with Crippen LogP contribution in [0.3, 0.4) is 0 Å². The molecule has 6 nitrogen and oxygen atoms in total. The SMILES string of the molecule is CCCCCCCCCCCCCC(=O)OC[C@@H](COC(=O)CCCCCCCCCCCCCCCCCCCCC(C)CC)OC(=O)CCCCCCCCC. The molecule has 0 rings (SSSR count). The average Bonchev–Trinajstić information content (AvgIpc) is 3.22. The van der Waals surface area contributed by atoms with Crippen LogP contribution in [0.4, 0.5) is 0 Å². The molecular weight excluding hydrogens is 721 g/mol. The monoisotopic (exact) mass is 821 g/mol. The lowest BCUT2D eigenvalue weighted by molar-refractivity contribution is -0.167. The van der Waals surface area contributed by atoms with Gasteiger partial charge < -0.3 is 14.2 Å². The fourth-order valence-electron chi connectivity index (χ4n) is 7.83. The molecule has 0 spiro atoms. The van der Waals surface area contributed by atoms with Crippen molar-refractivity contribution in [3.8, 4) is 0 Å². The Kier molecular flexibility index (Phi) is 45.2. The Hall–Kier alpha value is -1.59. The third-order valence-electron chi connectivity index (χ3n) is 12.2. The van der Waals surface area contributed by atoms with Crippen LogP contribution >= 0.6 is 0 Å². The summed E-state index contributed by atoms with van der Waals surface area (Å²) in [5.41, 5.74) is 0. The first-order valence-electron chi connectivity index (χ1n) is 25.9. The summed E-state index contributed by atoms with van der Waals surface area (Å²) < 4.78 is 16.7. The molecule has 0 N–H and O–H groups in total. The second-order valence-electron chi connectivity index (χ2n) is 18.1.